The molecule has 0 saturated heterocycles. The molecule has 0 radical (unpaired) electrons. The van der Waals surface area contributed by atoms with Gasteiger partial charge in [0.05, 0.1) is 6.61 Å². The van der Waals surface area contributed by atoms with E-state index >= 15 is 0 Å². The number of anilines is 1. The number of aromatic nitrogens is 1. The van der Waals surface area contributed by atoms with E-state index in [9.17, 15) is 18.0 Å². The van der Waals surface area contributed by atoms with Crippen LogP contribution in [0, 0.1) is 0 Å². The molecule has 0 atom stereocenters. The lowest BCUT2D eigenvalue weighted by Crippen LogP contribution is -2.29. The number of carbonyl (C=O) groups excluding carboxylic acids is 1. The van der Waals surface area contributed by atoms with Gasteiger partial charge in [-0.15, -0.1) is 0 Å². The summed E-state index contributed by atoms with van der Waals surface area (Å²) in [6.45, 7) is -1.61. The van der Waals surface area contributed by atoms with Gasteiger partial charge in [-0.2, -0.15) is 13.2 Å². The van der Waals surface area contributed by atoms with Crippen LogP contribution in [0.4, 0.5) is 19.0 Å². The van der Waals surface area contributed by atoms with Crippen LogP contribution < -0.4 is 10.6 Å². The van der Waals surface area contributed by atoms with E-state index in [4.69, 9.17) is 11.6 Å². The summed E-state index contributed by atoms with van der Waals surface area (Å²) >= 11 is 5.73. The largest absolute Gasteiger partial charge is 0.411 e. The molecule has 0 aliphatic heterocycles. The first-order valence-electron chi connectivity index (χ1n) is 5.60. The van der Waals surface area contributed by atoms with E-state index in [1.165, 1.54) is 12.1 Å². The Morgan fingerprint density at radius 1 is 1.45 bits per heavy atom. The second kappa shape index (κ2) is 7.30. The zero-order chi connectivity index (χ0) is 15.2. The maximum Gasteiger partial charge on any atom is 0.411 e. The van der Waals surface area contributed by atoms with Gasteiger partial charge < -0.3 is 15.4 Å². The fourth-order valence-corrected chi connectivity index (χ4v) is 1.49. The molecule has 0 fully saturated rings. The Hall–Kier alpha value is -1.54. The average molecular weight is 312 g/mol. The molecule has 0 saturated carbocycles. The third kappa shape index (κ3) is 6.07. The smallest absolute Gasteiger partial charge is 0.373 e. The van der Waals surface area contributed by atoms with Crippen LogP contribution in [0.15, 0.2) is 12.1 Å². The lowest BCUT2D eigenvalue weighted by molar-refractivity contribution is -0.173. The van der Waals surface area contributed by atoms with Crippen LogP contribution in [-0.2, 0) is 4.74 Å². The molecule has 0 aromatic carbocycles. The van der Waals surface area contributed by atoms with Gasteiger partial charge in [-0.05, 0) is 12.1 Å². The molecule has 0 aliphatic rings. The Morgan fingerprint density at radius 3 is 2.75 bits per heavy atom. The molecule has 1 heterocycles. The molecule has 5 nitrogen and oxygen atoms in total. The summed E-state index contributed by atoms with van der Waals surface area (Å²) in [7, 11) is 1.62. The first-order valence-corrected chi connectivity index (χ1v) is 5.97. The van der Waals surface area contributed by atoms with Crippen molar-refractivity contribution in [2.24, 2.45) is 0 Å². The molecule has 0 bridgehead atoms. The molecule has 112 valence electrons. The Morgan fingerprint density at radius 2 is 2.15 bits per heavy atom. The molecular formula is C11H13ClF3N3O2. The summed E-state index contributed by atoms with van der Waals surface area (Å²) in [4.78, 5) is 15.6. The van der Waals surface area contributed by atoms with Crippen molar-refractivity contribution in [3.63, 3.8) is 0 Å². The average Bonchev–Trinajstić information content (AvgIpc) is 2.36. The molecule has 1 amide bonds. The van der Waals surface area contributed by atoms with Gasteiger partial charge in [0.15, 0.2) is 0 Å². The molecule has 0 unspecified atom stereocenters. The summed E-state index contributed by atoms with van der Waals surface area (Å²) in [5, 5.41) is 5.28. The van der Waals surface area contributed by atoms with Crippen LogP contribution in [0.2, 0.25) is 5.15 Å². The first kappa shape index (κ1) is 16.5. The maximum absolute atomic E-state index is 11.8. The predicted molar refractivity (Wildman–Crippen MR) is 68.0 cm³/mol. The second-order valence-electron chi connectivity index (χ2n) is 3.74. The van der Waals surface area contributed by atoms with E-state index in [1.807, 2.05) is 0 Å². The molecule has 1 aromatic rings. The van der Waals surface area contributed by atoms with E-state index in [0.29, 0.717) is 5.82 Å². The van der Waals surface area contributed by atoms with Gasteiger partial charge in [0.25, 0.3) is 5.91 Å². The van der Waals surface area contributed by atoms with Gasteiger partial charge in [-0.3, -0.25) is 4.79 Å². The highest BCUT2D eigenvalue weighted by Gasteiger charge is 2.27. The van der Waals surface area contributed by atoms with Crippen molar-refractivity contribution in [1.29, 1.82) is 0 Å². The normalized spacial score (nSPS) is 11.2. The van der Waals surface area contributed by atoms with Crippen molar-refractivity contribution in [2.75, 3.05) is 32.1 Å². The highest BCUT2D eigenvalue weighted by molar-refractivity contribution is 6.29. The van der Waals surface area contributed by atoms with Crippen molar-refractivity contribution in [1.82, 2.24) is 10.3 Å². The number of hydrogen-bond acceptors (Lipinski definition) is 4. The topological polar surface area (TPSA) is 63.2 Å². The number of hydrogen-bond donors (Lipinski definition) is 2. The fourth-order valence-electron chi connectivity index (χ4n) is 1.28. The van der Waals surface area contributed by atoms with Gasteiger partial charge in [-0.25, -0.2) is 4.98 Å². The Kier molecular flexibility index (Phi) is 6.03. The van der Waals surface area contributed by atoms with Gasteiger partial charge in [0, 0.05) is 19.2 Å². The number of nitrogens with one attached hydrogen (secondary N) is 2. The summed E-state index contributed by atoms with van der Waals surface area (Å²) in [6, 6.07) is 2.83. The molecule has 1 rings (SSSR count). The summed E-state index contributed by atoms with van der Waals surface area (Å²) in [5.74, 6) is -0.0580. The van der Waals surface area contributed by atoms with Crippen LogP contribution in [0.1, 0.15) is 10.4 Å². The number of rotatable bonds is 6. The van der Waals surface area contributed by atoms with E-state index in [0.717, 1.165) is 0 Å². The molecule has 9 heteroatoms. The summed E-state index contributed by atoms with van der Waals surface area (Å²) < 4.78 is 39.7. The zero-order valence-electron chi connectivity index (χ0n) is 10.6. The molecule has 2 N–H and O–H groups in total. The van der Waals surface area contributed by atoms with E-state index in [-0.39, 0.29) is 23.9 Å². The Bertz CT molecular complexity index is 469. The number of pyridine rings is 1. The van der Waals surface area contributed by atoms with Gasteiger partial charge in [-0.1, -0.05) is 11.6 Å². The van der Waals surface area contributed by atoms with Crippen molar-refractivity contribution in [3.8, 4) is 0 Å². The number of amides is 1. The Labute approximate surface area is 118 Å². The summed E-state index contributed by atoms with van der Waals surface area (Å²) in [5.41, 5.74) is 0.255. The number of halogens is 4. The van der Waals surface area contributed by atoms with Crippen LogP contribution in [-0.4, -0.2) is 43.9 Å². The van der Waals surface area contributed by atoms with Crippen LogP contribution in [0.25, 0.3) is 0 Å². The SMILES string of the molecule is CNc1cc(C(=O)NCCOCC(F)(F)F)cc(Cl)n1. The van der Waals surface area contributed by atoms with Crippen LogP contribution in [0.3, 0.4) is 0 Å². The van der Waals surface area contributed by atoms with Crippen LogP contribution >= 0.6 is 11.6 Å². The molecular weight excluding hydrogens is 299 g/mol. The summed E-state index contributed by atoms with van der Waals surface area (Å²) in [6.07, 6.45) is -4.37. The highest BCUT2D eigenvalue weighted by Crippen LogP contribution is 2.15. The second-order valence-corrected chi connectivity index (χ2v) is 4.12. The van der Waals surface area contributed by atoms with Crippen molar-refractivity contribution >= 4 is 23.3 Å². The van der Waals surface area contributed by atoms with Gasteiger partial charge in [0.1, 0.15) is 17.6 Å². The highest BCUT2D eigenvalue weighted by atomic mass is 35.5. The Balaban J connectivity index is 2.41. The van der Waals surface area contributed by atoms with Gasteiger partial charge in [0.2, 0.25) is 0 Å². The van der Waals surface area contributed by atoms with E-state index in [2.05, 4.69) is 20.4 Å². The van der Waals surface area contributed by atoms with Crippen molar-refractivity contribution in [3.05, 3.63) is 22.8 Å². The zero-order valence-corrected chi connectivity index (χ0v) is 11.3. The standard InChI is InChI=1S/C11H13ClF3N3O2/c1-16-9-5-7(4-8(12)18-9)10(19)17-2-3-20-6-11(13,14)15/h4-5H,2-3,6H2,1H3,(H,16,18)(H,17,19). The molecule has 20 heavy (non-hydrogen) atoms. The van der Waals surface area contributed by atoms with Crippen molar-refractivity contribution < 1.29 is 22.7 Å². The predicted octanol–water partition coefficient (Wildman–Crippen LogP) is 2.09. The number of ether oxygens (including phenoxy) is 1. The van der Waals surface area contributed by atoms with Crippen LogP contribution in [0.5, 0.6) is 0 Å². The number of carbonyl (C=O) groups is 1. The lowest BCUT2D eigenvalue weighted by atomic mass is 10.2. The van der Waals surface area contributed by atoms with Crippen molar-refractivity contribution in [2.45, 2.75) is 6.18 Å². The number of nitrogens with zero attached hydrogens (tertiary/aromatic N) is 1. The monoisotopic (exact) mass is 311 g/mol. The lowest BCUT2D eigenvalue weighted by Gasteiger charge is -2.09. The molecule has 1 aromatic heterocycles. The fraction of sp³-hybridized carbons (Fsp3) is 0.455. The molecule has 0 spiro atoms. The van der Waals surface area contributed by atoms with Gasteiger partial charge >= 0.3 is 6.18 Å². The van der Waals surface area contributed by atoms with E-state index in [1.54, 1.807) is 7.05 Å². The number of alkyl halides is 3. The third-order valence-electron chi connectivity index (χ3n) is 2.11. The first-order chi connectivity index (χ1) is 9.31. The quantitative estimate of drug-likeness (QED) is 0.624. The minimum absolute atomic E-state index is 0.0380. The third-order valence-corrected chi connectivity index (χ3v) is 2.30. The minimum atomic E-state index is -4.37. The minimum Gasteiger partial charge on any atom is -0.373 e. The maximum atomic E-state index is 11.8. The van der Waals surface area contributed by atoms with E-state index < -0.39 is 18.7 Å². The molecule has 0 aliphatic carbocycles.